The average molecular weight is 498 g/mol. The number of methoxy groups -OCH3 is 1. The number of carbonyl (C=O) groups excluding carboxylic acids is 1. The minimum atomic E-state index is -0.788. The smallest absolute Gasteiger partial charge is 0.297 e. The molecule has 5 rings (SSSR count). The number of anilines is 1. The second-order valence-electron chi connectivity index (χ2n) is 7.75. The van der Waals surface area contributed by atoms with Gasteiger partial charge in [0.05, 0.1) is 30.7 Å². The third-order valence-corrected chi connectivity index (χ3v) is 6.59. The number of aryl methyl sites for hydroxylation is 1. The zero-order valence-electron chi connectivity index (χ0n) is 18.6. The van der Waals surface area contributed by atoms with Gasteiger partial charge in [0, 0.05) is 5.02 Å². The van der Waals surface area contributed by atoms with Crippen LogP contribution in [0.5, 0.6) is 11.5 Å². The lowest BCUT2D eigenvalue weighted by atomic mass is 9.98. The Balaban J connectivity index is 1.75. The van der Waals surface area contributed by atoms with Crippen molar-refractivity contribution < 1.29 is 18.7 Å². The van der Waals surface area contributed by atoms with E-state index in [1.807, 2.05) is 13.0 Å². The Hall–Kier alpha value is -3.43. The van der Waals surface area contributed by atoms with Gasteiger partial charge in [0.1, 0.15) is 10.6 Å². The van der Waals surface area contributed by atoms with Crippen LogP contribution in [-0.4, -0.2) is 29.8 Å². The van der Waals surface area contributed by atoms with E-state index in [0.717, 1.165) is 6.42 Å². The summed E-state index contributed by atoms with van der Waals surface area (Å²) in [6, 6.07) is 9.30. The summed E-state index contributed by atoms with van der Waals surface area (Å²) in [6.45, 7) is 4.35. The van der Waals surface area contributed by atoms with Gasteiger partial charge in [-0.1, -0.05) is 35.9 Å². The monoisotopic (exact) mass is 497 g/mol. The number of rotatable bonds is 6. The quantitative estimate of drug-likeness (QED) is 0.363. The molecule has 3 heterocycles. The highest BCUT2D eigenvalue weighted by Gasteiger charge is 2.45. The number of nitrogens with zero attached hydrogens (tertiary/aromatic N) is 3. The number of ether oxygens (including phenoxy) is 2. The molecule has 1 amide bonds. The summed E-state index contributed by atoms with van der Waals surface area (Å²) in [7, 11) is 1.54. The van der Waals surface area contributed by atoms with E-state index in [0.29, 0.717) is 44.2 Å². The van der Waals surface area contributed by atoms with Gasteiger partial charge >= 0.3 is 0 Å². The third kappa shape index (κ3) is 3.61. The van der Waals surface area contributed by atoms with E-state index in [1.54, 1.807) is 44.4 Å². The van der Waals surface area contributed by atoms with E-state index >= 15 is 0 Å². The molecule has 34 heavy (non-hydrogen) atoms. The van der Waals surface area contributed by atoms with Crippen molar-refractivity contribution in [2.24, 2.45) is 0 Å². The van der Waals surface area contributed by atoms with Crippen LogP contribution in [0.4, 0.5) is 5.13 Å². The van der Waals surface area contributed by atoms with E-state index in [4.69, 9.17) is 25.5 Å². The first-order valence-corrected chi connectivity index (χ1v) is 11.8. The van der Waals surface area contributed by atoms with Crippen LogP contribution in [0.25, 0.3) is 11.0 Å². The molecule has 0 saturated carbocycles. The Labute approximate surface area is 203 Å². The molecule has 1 atom stereocenters. The van der Waals surface area contributed by atoms with Crippen molar-refractivity contribution in [3.05, 3.63) is 73.5 Å². The van der Waals surface area contributed by atoms with Crippen molar-refractivity contribution in [1.29, 1.82) is 0 Å². The van der Waals surface area contributed by atoms with Crippen molar-refractivity contribution in [3.63, 3.8) is 0 Å². The van der Waals surface area contributed by atoms with E-state index in [9.17, 15) is 9.59 Å². The van der Waals surface area contributed by atoms with Crippen molar-refractivity contribution in [3.8, 4) is 11.5 Å². The van der Waals surface area contributed by atoms with Gasteiger partial charge in [-0.3, -0.25) is 14.5 Å². The van der Waals surface area contributed by atoms with Crippen LogP contribution in [0.2, 0.25) is 5.02 Å². The molecule has 1 aliphatic heterocycles. The van der Waals surface area contributed by atoms with Gasteiger partial charge in [-0.15, -0.1) is 10.2 Å². The Morgan fingerprint density at radius 1 is 1.15 bits per heavy atom. The van der Waals surface area contributed by atoms with Gasteiger partial charge in [0.2, 0.25) is 10.9 Å². The maximum atomic E-state index is 13.7. The normalized spacial score (nSPS) is 15.1. The highest BCUT2D eigenvalue weighted by atomic mass is 35.5. The lowest BCUT2D eigenvalue weighted by Crippen LogP contribution is -2.29. The predicted octanol–water partition coefficient (Wildman–Crippen LogP) is 5.15. The first-order chi connectivity index (χ1) is 16.4. The van der Waals surface area contributed by atoms with Crippen LogP contribution in [-0.2, 0) is 0 Å². The summed E-state index contributed by atoms with van der Waals surface area (Å²) in [5.41, 5.74) is 0.828. The Kier molecular flexibility index (Phi) is 5.75. The van der Waals surface area contributed by atoms with Crippen LogP contribution < -0.4 is 19.8 Å². The molecule has 4 aromatic rings. The number of hydrogen-bond donors (Lipinski definition) is 0. The largest absolute Gasteiger partial charge is 0.493 e. The van der Waals surface area contributed by atoms with Gasteiger partial charge in [-0.05, 0) is 49.2 Å². The Morgan fingerprint density at radius 2 is 1.97 bits per heavy atom. The number of hydrogen-bond acceptors (Lipinski definition) is 8. The molecule has 0 aliphatic carbocycles. The summed E-state index contributed by atoms with van der Waals surface area (Å²) in [4.78, 5) is 28.7. The molecule has 0 radical (unpaired) electrons. The predicted molar refractivity (Wildman–Crippen MR) is 130 cm³/mol. The molecule has 2 aromatic heterocycles. The number of carbonyl (C=O) groups is 1. The topological polar surface area (TPSA) is 94.8 Å². The first kappa shape index (κ1) is 22.4. The lowest BCUT2D eigenvalue weighted by Gasteiger charge is -2.23. The second kappa shape index (κ2) is 8.73. The maximum Gasteiger partial charge on any atom is 0.297 e. The van der Waals surface area contributed by atoms with Crippen LogP contribution >= 0.6 is 22.9 Å². The van der Waals surface area contributed by atoms with Gasteiger partial charge in [-0.25, -0.2) is 0 Å². The van der Waals surface area contributed by atoms with Crippen LogP contribution in [0.3, 0.4) is 0 Å². The van der Waals surface area contributed by atoms with Crippen LogP contribution in [0.1, 0.15) is 46.1 Å². The fraction of sp³-hybridized carbons (Fsp3) is 0.250. The minimum Gasteiger partial charge on any atom is -0.493 e. The molecule has 1 unspecified atom stereocenters. The van der Waals surface area contributed by atoms with Gasteiger partial charge in [-0.2, -0.15) is 0 Å². The highest BCUT2D eigenvalue weighted by Crippen LogP contribution is 2.44. The minimum absolute atomic E-state index is 0.0250. The SMILES string of the molecule is CCCOc1ccc(C2c3c(oc4ccc(Cl)cc4c3=O)C(=O)N2c2nnc(C)s2)cc1OC. The lowest BCUT2D eigenvalue weighted by molar-refractivity contribution is 0.0970. The number of amides is 1. The Morgan fingerprint density at radius 3 is 2.68 bits per heavy atom. The molecule has 0 bridgehead atoms. The molecule has 0 fully saturated rings. The fourth-order valence-corrected chi connectivity index (χ4v) is 4.91. The van der Waals surface area contributed by atoms with E-state index in [-0.39, 0.29) is 22.3 Å². The molecule has 1 aliphatic rings. The van der Waals surface area contributed by atoms with Crippen LogP contribution in [0, 0.1) is 6.92 Å². The molecule has 8 nitrogen and oxygen atoms in total. The molecular weight excluding hydrogens is 478 g/mol. The molecule has 2 aromatic carbocycles. The standard InChI is InChI=1S/C24H20ClN3O5S/c1-4-9-32-17-7-5-13(10-18(17)31-3)20-19-21(29)15-11-14(25)6-8-16(15)33-22(19)23(30)28(20)24-27-26-12(2)34-24/h5-8,10-11,20H,4,9H2,1-3H3. The van der Waals surface area contributed by atoms with Crippen molar-refractivity contribution in [2.45, 2.75) is 26.3 Å². The zero-order chi connectivity index (χ0) is 24.0. The fourth-order valence-electron chi connectivity index (χ4n) is 4.03. The summed E-state index contributed by atoms with van der Waals surface area (Å²) < 4.78 is 17.3. The number of halogens is 1. The number of fused-ring (bicyclic) bond motifs is 2. The molecule has 174 valence electrons. The number of benzene rings is 2. The molecule has 0 saturated heterocycles. The summed E-state index contributed by atoms with van der Waals surface area (Å²) in [5.74, 6) is 0.583. The summed E-state index contributed by atoms with van der Waals surface area (Å²) in [6.07, 6.45) is 0.844. The highest BCUT2D eigenvalue weighted by molar-refractivity contribution is 7.15. The van der Waals surface area contributed by atoms with E-state index in [1.165, 1.54) is 16.2 Å². The summed E-state index contributed by atoms with van der Waals surface area (Å²) >= 11 is 7.40. The number of aromatic nitrogens is 2. The van der Waals surface area contributed by atoms with Gasteiger partial charge in [0.15, 0.2) is 16.9 Å². The van der Waals surface area contributed by atoms with E-state index in [2.05, 4.69) is 10.2 Å². The van der Waals surface area contributed by atoms with Crippen molar-refractivity contribution in [2.75, 3.05) is 18.6 Å². The molecular formula is C24H20ClN3O5S. The van der Waals surface area contributed by atoms with Crippen LogP contribution in [0.15, 0.2) is 45.6 Å². The van der Waals surface area contributed by atoms with Gasteiger partial charge in [0.25, 0.3) is 5.91 Å². The van der Waals surface area contributed by atoms with Gasteiger partial charge < -0.3 is 13.9 Å². The first-order valence-electron chi connectivity index (χ1n) is 10.6. The van der Waals surface area contributed by atoms with Crippen molar-refractivity contribution in [1.82, 2.24) is 10.2 Å². The summed E-state index contributed by atoms with van der Waals surface area (Å²) in [5, 5.41) is 9.99. The van der Waals surface area contributed by atoms with E-state index < -0.39 is 11.9 Å². The molecule has 0 N–H and O–H groups in total. The average Bonchev–Trinajstić information content (AvgIpc) is 3.39. The molecule has 0 spiro atoms. The zero-order valence-corrected chi connectivity index (χ0v) is 20.2. The third-order valence-electron chi connectivity index (χ3n) is 5.52. The molecule has 10 heteroatoms. The maximum absolute atomic E-state index is 13.7. The second-order valence-corrected chi connectivity index (χ2v) is 9.35. The van der Waals surface area contributed by atoms with Crippen molar-refractivity contribution >= 4 is 44.9 Å². The Bertz CT molecular complexity index is 1480.